The van der Waals surface area contributed by atoms with Crippen LogP contribution in [0.5, 0.6) is 5.75 Å². The van der Waals surface area contributed by atoms with E-state index < -0.39 is 9.84 Å². The monoisotopic (exact) mass is 496 g/mol. The zero-order valence-electron chi connectivity index (χ0n) is 19.1. The Hall–Kier alpha value is -3.29. The van der Waals surface area contributed by atoms with Gasteiger partial charge in [-0.25, -0.2) is 8.42 Å². The minimum absolute atomic E-state index is 0.0742. The van der Waals surface area contributed by atoms with Gasteiger partial charge < -0.3 is 14.6 Å². The summed E-state index contributed by atoms with van der Waals surface area (Å²) in [7, 11) is -2.15. The van der Waals surface area contributed by atoms with Gasteiger partial charge >= 0.3 is 0 Å². The topological polar surface area (TPSA) is 77.4 Å². The number of sulfone groups is 1. The van der Waals surface area contributed by atoms with Gasteiger partial charge in [0.2, 0.25) is 5.91 Å². The Bertz CT molecular complexity index is 1490. The van der Waals surface area contributed by atoms with Gasteiger partial charge in [0.25, 0.3) is 0 Å². The Kier molecular flexibility index (Phi) is 6.68. The van der Waals surface area contributed by atoms with E-state index in [4.69, 9.17) is 16.3 Å². The number of rotatable bonds is 7. The van der Waals surface area contributed by atoms with E-state index in [0.717, 1.165) is 16.7 Å². The van der Waals surface area contributed by atoms with Crippen molar-refractivity contribution in [3.05, 3.63) is 88.6 Å². The smallest absolute Gasteiger partial charge is 0.244 e. The molecule has 34 heavy (non-hydrogen) atoms. The minimum Gasteiger partial charge on any atom is -0.495 e. The number of benzene rings is 3. The first-order chi connectivity index (χ1) is 16.2. The quantitative estimate of drug-likeness (QED) is 0.365. The molecule has 8 heteroatoms. The molecule has 0 aliphatic rings. The first kappa shape index (κ1) is 23.9. The van der Waals surface area contributed by atoms with Gasteiger partial charge in [0.15, 0.2) is 9.84 Å². The summed E-state index contributed by atoms with van der Waals surface area (Å²) in [6.45, 7) is 3.77. The van der Waals surface area contributed by atoms with E-state index in [9.17, 15) is 13.2 Å². The largest absolute Gasteiger partial charge is 0.495 e. The molecule has 6 nitrogen and oxygen atoms in total. The lowest BCUT2D eigenvalue weighted by atomic mass is 10.1. The number of nitrogens with zero attached hydrogens (tertiary/aromatic N) is 1. The lowest BCUT2D eigenvalue weighted by molar-refractivity contribution is -0.116. The molecule has 1 heterocycles. The summed E-state index contributed by atoms with van der Waals surface area (Å²) in [6.07, 6.45) is 1.54. The molecule has 4 aromatic rings. The van der Waals surface area contributed by atoms with Crippen molar-refractivity contribution < 1.29 is 17.9 Å². The summed E-state index contributed by atoms with van der Waals surface area (Å²) in [5, 5.41) is 3.84. The fourth-order valence-corrected chi connectivity index (χ4v) is 5.80. The van der Waals surface area contributed by atoms with Gasteiger partial charge in [-0.15, -0.1) is 0 Å². The maximum atomic E-state index is 13.4. The van der Waals surface area contributed by atoms with Gasteiger partial charge in [-0.05, 0) is 49.2 Å². The fourth-order valence-electron chi connectivity index (χ4n) is 3.95. The molecule has 1 N–H and O–H groups in total. The number of hydrogen-bond donors (Lipinski definition) is 1. The van der Waals surface area contributed by atoms with E-state index in [-0.39, 0.29) is 23.1 Å². The highest BCUT2D eigenvalue weighted by atomic mass is 35.5. The third-order valence-corrected chi connectivity index (χ3v) is 7.61. The number of hydrogen-bond acceptors (Lipinski definition) is 4. The van der Waals surface area contributed by atoms with Crippen molar-refractivity contribution in [1.29, 1.82) is 0 Å². The number of aromatic nitrogens is 1. The predicted molar refractivity (Wildman–Crippen MR) is 135 cm³/mol. The zero-order chi connectivity index (χ0) is 24.5. The van der Waals surface area contributed by atoms with Crippen molar-refractivity contribution in [1.82, 2.24) is 4.57 Å². The Morgan fingerprint density at radius 3 is 2.59 bits per heavy atom. The molecule has 0 bridgehead atoms. The number of fused-ring (bicyclic) bond motifs is 1. The van der Waals surface area contributed by atoms with Crippen molar-refractivity contribution in [3.8, 4) is 5.75 Å². The summed E-state index contributed by atoms with van der Waals surface area (Å²) in [5.41, 5.74) is 3.80. The van der Waals surface area contributed by atoms with Crippen LogP contribution in [-0.2, 0) is 26.9 Å². The van der Waals surface area contributed by atoms with E-state index in [1.807, 2.05) is 38.1 Å². The third kappa shape index (κ3) is 4.95. The van der Waals surface area contributed by atoms with Crippen LogP contribution in [0.25, 0.3) is 10.9 Å². The summed E-state index contributed by atoms with van der Waals surface area (Å²) >= 11 is 6.06. The number of anilines is 1. The van der Waals surface area contributed by atoms with Crippen LogP contribution in [0.4, 0.5) is 5.69 Å². The summed E-state index contributed by atoms with van der Waals surface area (Å²) < 4.78 is 33.8. The molecular weight excluding hydrogens is 472 g/mol. The van der Waals surface area contributed by atoms with Gasteiger partial charge in [-0.2, -0.15) is 0 Å². The Labute approximate surface area is 204 Å². The fraction of sp³-hybridized carbons (Fsp3) is 0.192. The van der Waals surface area contributed by atoms with Crippen LogP contribution < -0.4 is 10.1 Å². The van der Waals surface area contributed by atoms with E-state index in [2.05, 4.69) is 5.32 Å². The van der Waals surface area contributed by atoms with E-state index >= 15 is 0 Å². The average Bonchev–Trinajstić information content (AvgIpc) is 3.16. The summed E-state index contributed by atoms with van der Waals surface area (Å²) in [5.74, 6) is 0.0344. The predicted octanol–water partition coefficient (Wildman–Crippen LogP) is 5.53. The maximum absolute atomic E-state index is 13.4. The van der Waals surface area contributed by atoms with Gasteiger partial charge in [0.05, 0.1) is 23.4 Å². The van der Waals surface area contributed by atoms with Crippen LogP contribution in [0.2, 0.25) is 5.02 Å². The average molecular weight is 497 g/mol. The highest BCUT2D eigenvalue weighted by Crippen LogP contribution is 2.30. The number of aryl methyl sites for hydroxylation is 2. The van der Waals surface area contributed by atoms with Crippen molar-refractivity contribution in [2.75, 3.05) is 12.4 Å². The second-order valence-corrected chi connectivity index (χ2v) is 10.6. The van der Waals surface area contributed by atoms with Crippen LogP contribution in [-0.4, -0.2) is 26.0 Å². The molecule has 1 aromatic heterocycles. The van der Waals surface area contributed by atoms with Crippen LogP contribution in [0.15, 0.2) is 71.8 Å². The Morgan fingerprint density at radius 2 is 1.82 bits per heavy atom. The number of amides is 1. The van der Waals surface area contributed by atoms with Gasteiger partial charge in [0.1, 0.15) is 12.3 Å². The molecule has 0 spiro atoms. The molecule has 0 aliphatic heterocycles. The Morgan fingerprint density at radius 1 is 1.06 bits per heavy atom. The van der Waals surface area contributed by atoms with Gasteiger partial charge in [-0.3, -0.25) is 4.79 Å². The number of ether oxygens (including phenoxy) is 1. The zero-order valence-corrected chi connectivity index (χ0v) is 20.7. The summed E-state index contributed by atoms with van der Waals surface area (Å²) in [4.78, 5) is 13.1. The number of nitrogens with one attached hydrogen (secondary N) is 1. The number of carbonyl (C=O) groups excluding carboxylic acids is 1. The molecule has 3 aromatic carbocycles. The second-order valence-electron chi connectivity index (χ2n) is 8.22. The molecule has 0 atom stereocenters. The molecular formula is C26H25ClN2O4S. The van der Waals surface area contributed by atoms with Crippen molar-refractivity contribution >= 4 is 43.9 Å². The normalized spacial score (nSPS) is 11.5. The number of halogens is 1. The van der Waals surface area contributed by atoms with Crippen LogP contribution in [0.3, 0.4) is 0 Å². The molecule has 176 valence electrons. The lowest BCUT2D eigenvalue weighted by Gasteiger charge is -2.11. The van der Waals surface area contributed by atoms with E-state index in [1.54, 1.807) is 47.2 Å². The van der Waals surface area contributed by atoms with Gasteiger partial charge in [0, 0.05) is 22.1 Å². The molecule has 0 fully saturated rings. The Balaban J connectivity index is 1.66. The number of methoxy groups -OCH3 is 1. The maximum Gasteiger partial charge on any atom is 0.244 e. The molecule has 0 saturated heterocycles. The molecule has 4 rings (SSSR count). The SMILES string of the molecule is COc1ccc(Cl)cc1NC(=O)Cn1cc(S(=O)(=O)Cc2cc(C)ccc2C)c2ccccc21. The van der Waals surface area contributed by atoms with E-state index in [1.165, 1.54) is 7.11 Å². The van der Waals surface area contributed by atoms with Crippen LogP contribution in [0.1, 0.15) is 16.7 Å². The molecule has 0 aliphatic carbocycles. The minimum atomic E-state index is -3.66. The van der Waals surface area contributed by atoms with Crippen LogP contribution in [0, 0.1) is 13.8 Å². The first-order valence-corrected chi connectivity index (χ1v) is 12.7. The standard InChI is InChI=1S/C26H25ClN2O4S/c1-17-8-9-18(2)19(12-17)16-34(31,32)25-14-29(23-7-5-4-6-21(23)25)15-26(30)28-22-13-20(27)10-11-24(22)33-3/h4-14H,15-16H2,1-3H3,(H,28,30). The van der Waals surface area contributed by atoms with Crippen molar-refractivity contribution in [2.45, 2.75) is 31.0 Å². The van der Waals surface area contributed by atoms with Crippen LogP contribution >= 0.6 is 11.6 Å². The highest BCUT2D eigenvalue weighted by molar-refractivity contribution is 7.90. The van der Waals surface area contributed by atoms with Crippen molar-refractivity contribution in [2.24, 2.45) is 0 Å². The first-order valence-electron chi connectivity index (χ1n) is 10.7. The lowest BCUT2D eigenvalue weighted by Crippen LogP contribution is -2.18. The number of para-hydroxylation sites is 1. The third-order valence-electron chi connectivity index (χ3n) is 5.69. The summed E-state index contributed by atoms with van der Waals surface area (Å²) in [6, 6.07) is 17.9. The molecule has 1 amide bonds. The molecule has 0 radical (unpaired) electrons. The molecule has 0 saturated carbocycles. The van der Waals surface area contributed by atoms with E-state index in [0.29, 0.717) is 27.4 Å². The highest BCUT2D eigenvalue weighted by Gasteiger charge is 2.23. The van der Waals surface area contributed by atoms with Crippen molar-refractivity contribution in [3.63, 3.8) is 0 Å². The second kappa shape index (κ2) is 9.52. The van der Waals surface area contributed by atoms with Gasteiger partial charge in [-0.1, -0.05) is 53.6 Å². The molecule has 0 unspecified atom stereocenters. The number of carbonyl (C=O) groups is 1.